The molecule has 2 aromatic heterocycles. The first-order valence-electron chi connectivity index (χ1n) is 8.83. The number of rotatable bonds is 6. The molecule has 29 heavy (non-hydrogen) atoms. The highest BCUT2D eigenvalue weighted by Gasteiger charge is 2.24. The van der Waals surface area contributed by atoms with E-state index in [0.717, 1.165) is 23.0 Å². The summed E-state index contributed by atoms with van der Waals surface area (Å²) >= 11 is 0. The fraction of sp³-hybridized carbons (Fsp3) is 0.250. The molecule has 0 N–H and O–H groups in total. The van der Waals surface area contributed by atoms with Crippen LogP contribution in [0.2, 0.25) is 0 Å². The smallest absolute Gasteiger partial charge is 0.385 e. The summed E-state index contributed by atoms with van der Waals surface area (Å²) in [5.74, 6) is -0.736. The predicted octanol–water partition coefficient (Wildman–Crippen LogP) is 0.776. The van der Waals surface area contributed by atoms with Crippen LogP contribution in [0.5, 0.6) is 0 Å². The minimum atomic E-state index is -0.778. The second-order valence-electron chi connectivity index (χ2n) is 6.28. The van der Waals surface area contributed by atoms with Crippen molar-refractivity contribution in [1.82, 2.24) is 14.6 Å². The van der Waals surface area contributed by atoms with Crippen molar-refractivity contribution in [3.63, 3.8) is 0 Å². The normalized spacial score (nSPS) is 12.3. The van der Waals surface area contributed by atoms with E-state index in [1.165, 1.54) is 14.2 Å². The van der Waals surface area contributed by atoms with Gasteiger partial charge in [0.2, 0.25) is 0 Å². The predicted molar refractivity (Wildman–Crippen MR) is 102 cm³/mol. The van der Waals surface area contributed by atoms with Gasteiger partial charge in [0, 0.05) is 17.2 Å². The Morgan fingerprint density at radius 2 is 1.97 bits per heavy atom. The Bertz CT molecular complexity index is 1100. The molecule has 3 aromatic rings. The van der Waals surface area contributed by atoms with E-state index < -0.39 is 11.9 Å². The lowest BCUT2D eigenvalue weighted by Crippen LogP contribution is -2.35. The first-order valence-corrected chi connectivity index (χ1v) is 8.83. The monoisotopic (exact) mass is 395 g/mol. The second-order valence-corrected chi connectivity index (χ2v) is 6.28. The Kier molecular flexibility index (Phi) is 5.87. The van der Waals surface area contributed by atoms with Crippen molar-refractivity contribution in [2.75, 3.05) is 14.2 Å². The van der Waals surface area contributed by atoms with Crippen LogP contribution < -0.4 is 9.67 Å². The minimum absolute atomic E-state index is 0.204. The van der Waals surface area contributed by atoms with Gasteiger partial charge in [-0.15, -0.1) is 14.5 Å². The first-order chi connectivity index (χ1) is 13.9. The van der Waals surface area contributed by atoms with Crippen molar-refractivity contribution in [1.29, 1.82) is 0 Å². The summed E-state index contributed by atoms with van der Waals surface area (Å²) in [7, 11) is 2.42. The lowest BCUT2D eigenvalue weighted by Gasteiger charge is -2.07. The van der Waals surface area contributed by atoms with Crippen LogP contribution in [0.3, 0.4) is 0 Å². The molecule has 0 saturated carbocycles. The molecule has 1 aromatic carbocycles. The van der Waals surface area contributed by atoms with E-state index in [-0.39, 0.29) is 11.7 Å². The Balaban J connectivity index is 2.23. The van der Waals surface area contributed by atoms with Crippen LogP contribution in [-0.4, -0.2) is 40.5 Å². The van der Waals surface area contributed by atoms with Gasteiger partial charge in [0.1, 0.15) is 0 Å². The molecule has 0 amide bonds. The van der Waals surface area contributed by atoms with Crippen molar-refractivity contribution in [2.24, 2.45) is 4.99 Å². The molecule has 0 unspecified atom stereocenters. The van der Waals surface area contributed by atoms with Gasteiger partial charge < -0.3 is 14.6 Å². The molecule has 9 heteroatoms. The van der Waals surface area contributed by atoms with Gasteiger partial charge in [-0.2, -0.15) is 0 Å². The highest BCUT2D eigenvalue weighted by molar-refractivity contribution is 6.41. The molecular weight excluding hydrogens is 374 g/mol. The maximum absolute atomic E-state index is 12.1. The molecule has 0 aliphatic heterocycles. The maximum Gasteiger partial charge on any atom is 0.385 e. The van der Waals surface area contributed by atoms with Crippen molar-refractivity contribution in [2.45, 2.75) is 20.4 Å². The summed E-state index contributed by atoms with van der Waals surface area (Å²) in [6.07, 6.45) is 0.967. The van der Waals surface area contributed by atoms with Crippen LogP contribution in [0.1, 0.15) is 17.0 Å². The van der Waals surface area contributed by atoms with Crippen molar-refractivity contribution >= 4 is 23.4 Å². The number of benzene rings is 1. The van der Waals surface area contributed by atoms with Gasteiger partial charge in [-0.25, -0.2) is 9.36 Å². The van der Waals surface area contributed by atoms with E-state index in [2.05, 4.69) is 19.8 Å². The molecule has 0 radical (unpaired) electrons. The molecule has 0 aliphatic rings. The third kappa shape index (κ3) is 4.40. The van der Waals surface area contributed by atoms with Gasteiger partial charge in [-0.05, 0) is 26.5 Å². The molecule has 0 spiro atoms. The largest absolute Gasteiger partial charge is 0.616 e. The summed E-state index contributed by atoms with van der Waals surface area (Å²) in [6, 6.07) is 11.6. The number of aromatic nitrogens is 4. The number of aryl methyl sites for hydroxylation is 2. The summed E-state index contributed by atoms with van der Waals surface area (Å²) in [6.45, 7) is 4.21. The van der Waals surface area contributed by atoms with Gasteiger partial charge in [0.05, 0.1) is 31.0 Å². The van der Waals surface area contributed by atoms with Gasteiger partial charge in [0.15, 0.2) is 5.71 Å². The van der Waals surface area contributed by atoms with E-state index in [4.69, 9.17) is 4.74 Å². The van der Waals surface area contributed by atoms with E-state index in [1.54, 1.807) is 9.08 Å². The zero-order valence-electron chi connectivity index (χ0n) is 16.6. The van der Waals surface area contributed by atoms with Crippen LogP contribution in [0, 0.1) is 13.8 Å². The molecule has 0 atom stereocenters. The fourth-order valence-corrected chi connectivity index (χ4v) is 2.80. The second kappa shape index (κ2) is 8.51. The third-order valence-electron chi connectivity index (χ3n) is 4.14. The van der Waals surface area contributed by atoms with Crippen LogP contribution >= 0.6 is 0 Å². The van der Waals surface area contributed by atoms with Crippen LogP contribution in [-0.2, 0) is 20.8 Å². The van der Waals surface area contributed by atoms with E-state index in [1.807, 2.05) is 50.2 Å². The van der Waals surface area contributed by atoms with E-state index in [9.17, 15) is 9.90 Å². The molecule has 150 valence electrons. The van der Waals surface area contributed by atoms with Gasteiger partial charge in [-0.1, -0.05) is 30.3 Å². The zero-order valence-corrected chi connectivity index (χ0v) is 16.6. The van der Waals surface area contributed by atoms with Gasteiger partial charge in [0.25, 0.3) is 0 Å². The summed E-state index contributed by atoms with van der Waals surface area (Å²) in [5.41, 5.74) is 2.45. The highest BCUT2D eigenvalue weighted by atomic mass is 16.6. The lowest BCUT2D eigenvalue weighted by atomic mass is 10.2. The SMILES string of the molecule is COC(=O)C(/C=C(\[O-])OC)=N\c1nn2c(C)cc(C)nc2[n+]1Cc1ccccc1. The van der Waals surface area contributed by atoms with Crippen molar-refractivity contribution < 1.29 is 23.9 Å². The van der Waals surface area contributed by atoms with Crippen LogP contribution in [0.25, 0.3) is 5.78 Å². The number of hydrogen-bond acceptors (Lipinski definition) is 7. The third-order valence-corrected chi connectivity index (χ3v) is 4.14. The number of ether oxygens (including phenoxy) is 2. The summed E-state index contributed by atoms with van der Waals surface area (Å²) in [5, 5.41) is 16.2. The van der Waals surface area contributed by atoms with Crippen LogP contribution in [0.4, 0.5) is 5.95 Å². The number of fused-ring (bicyclic) bond motifs is 1. The number of aliphatic imine (C=N–C) groups is 1. The molecule has 0 fully saturated rings. The molecule has 0 saturated heterocycles. The van der Waals surface area contributed by atoms with E-state index >= 15 is 0 Å². The van der Waals surface area contributed by atoms with Gasteiger partial charge >= 0.3 is 17.7 Å². The Hall–Kier alpha value is -3.75. The maximum atomic E-state index is 12.1. The first kappa shape index (κ1) is 20.0. The van der Waals surface area contributed by atoms with Crippen molar-refractivity contribution in [3.05, 3.63) is 65.4 Å². The Morgan fingerprint density at radius 3 is 2.62 bits per heavy atom. The Morgan fingerprint density at radius 1 is 1.24 bits per heavy atom. The number of esters is 1. The fourth-order valence-electron chi connectivity index (χ4n) is 2.80. The number of methoxy groups -OCH3 is 2. The van der Waals surface area contributed by atoms with Gasteiger partial charge in [-0.3, -0.25) is 0 Å². The topological polar surface area (TPSA) is 105 Å². The average molecular weight is 395 g/mol. The average Bonchev–Trinajstić information content (AvgIpc) is 3.05. The number of carbonyl (C=O) groups is 1. The lowest BCUT2D eigenvalue weighted by molar-refractivity contribution is -0.652. The standard InChI is InChI=1S/C20H21N5O4/c1-13-10-14(2)25-20(21-13)24(12-15-8-6-5-7-9-15)19(23-25)22-16(18(27)29-4)11-17(26)28-3/h5-11H,12H2,1-4H3. The highest BCUT2D eigenvalue weighted by Crippen LogP contribution is 2.12. The zero-order chi connectivity index (χ0) is 21.0. The molecule has 0 aliphatic carbocycles. The minimum Gasteiger partial charge on any atom is -0.616 e. The van der Waals surface area contributed by atoms with Crippen LogP contribution in [0.15, 0.2) is 53.4 Å². The Labute approximate surface area is 167 Å². The quantitative estimate of drug-likeness (QED) is 0.264. The molecule has 2 heterocycles. The summed E-state index contributed by atoms with van der Waals surface area (Å²) in [4.78, 5) is 21.0. The molecule has 9 nitrogen and oxygen atoms in total. The number of carbonyl (C=O) groups excluding carboxylic acids is 1. The van der Waals surface area contributed by atoms with Crippen molar-refractivity contribution in [3.8, 4) is 0 Å². The summed E-state index contributed by atoms with van der Waals surface area (Å²) < 4.78 is 12.7. The van der Waals surface area contributed by atoms with E-state index in [0.29, 0.717) is 12.3 Å². The molecule has 0 bridgehead atoms. The number of hydrogen-bond donors (Lipinski definition) is 0. The molecular formula is C20H21N5O4. The molecule has 3 rings (SSSR count). The number of nitrogens with zero attached hydrogens (tertiary/aromatic N) is 5.